The summed E-state index contributed by atoms with van der Waals surface area (Å²) >= 11 is 7.34. The Balaban J connectivity index is 2.02. The van der Waals surface area contributed by atoms with Crippen molar-refractivity contribution >= 4 is 40.6 Å². The van der Waals surface area contributed by atoms with Gasteiger partial charge < -0.3 is 11.1 Å². The van der Waals surface area contributed by atoms with E-state index in [2.05, 4.69) is 5.32 Å². The first kappa shape index (κ1) is 15.7. The van der Waals surface area contributed by atoms with Crippen LogP contribution in [0.25, 0.3) is 0 Å². The summed E-state index contributed by atoms with van der Waals surface area (Å²) in [5.41, 5.74) is 8.15. The van der Waals surface area contributed by atoms with Crippen LogP contribution in [0.15, 0.2) is 47.4 Å². The molecule has 2 aromatic rings. The van der Waals surface area contributed by atoms with E-state index in [1.807, 2.05) is 56.3 Å². The first-order valence-corrected chi connectivity index (χ1v) is 7.81. The van der Waals surface area contributed by atoms with Gasteiger partial charge in [-0.3, -0.25) is 4.79 Å². The molecular formula is C16H17ClN2OS. The fourth-order valence-electron chi connectivity index (χ4n) is 1.79. The van der Waals surface area contributed by atoms with E-state index in [-0.39, 0.29) is 11.2 Å². The summed E-state index contributed by atoms with van der Waals surface area (Å²) in [6.07, 6.45) is 0. The number of hydrogen-bond acceptors (Lipinski definition) is 3. The maximum atomic E-state index is 12.2. The summed E-state index contributed by atoms with van der Waals surface area (Å²) in [7, 11) is 0. The van der Waals surface area contributed by atoms with Gasteiger partial charge in [0.2, 0.25) is 5.91 Å². The van der Waals surface area contributed by atoms with Crippen molar-refractivity contribution in [3.8, 4) is 0 Å². The molecule has 21 heavy (non-hydrogen) atoms. The average Bonchev–Trinajstić information content (AvgIpc) is 2.46. The van der Waals surface area contributed by atoms with Crippen LogP contribution in [0.3, 0.4) is 0 Å². The van der Waals surface area contributed by atoms with Crippen molar-refractivity contribution in [2.24, 2.45) is 0 Å². The highest BCUT2D eigenvalue weighted by molar-refractivity contribution is 8.00. The van der Waals surface area contributed by atoms with E-state index in [9.17, 15) is 4.79 Å². The number of hydrogen-bond donors (Lipinski definition) is 2. The topological polar surface area (TPSA) is 55.1 Å². The second-order valence-electron chi connectivity index (χ2n) is 4.72. The number of nitrogen functional groups attached to an aromatic ring is 1. The van der Waals surface area contributed by atoms with E-state index >= 15 is 0 Å². The summed E-state index contributed by atoms with van der Waals surface area (Å²) in [6, 6.07) is 12.9. The Morgan fingerprint density at radius 3 is 2.57 bits per heavy atom. The molecule has 0 aromatic heterocycles. The van der Waals surface area contributed by atoms with Crippen LogP contribution in [0.5, 0.6) is 0 Å². The van der Waals surface area contributed by atoms with Gasteiger partial charge in [-0.15, -0.1) is 11.8 Å². The number of rotatable bonds is 4. The fraction of sp³-hybridized carbons (Fsp3) is 0.188. The Hall–Kier alpha value is -1.65. The largest absolute Gasteiger partial charge is 0.398 e. The number of nitrogens with one attached hydrogen (secondary N) is 1. The van der Waals surface area contributed by atoms with Crippen LogP contribution in [0.4, 0.5) is 11.4 Å². The molecule has 0 bridgehead atoms. The highest BCUT2D eigenvalue weighted by Gasteiger charge is 2.15. The zero-order valence-electron chi connectivity index (χ0n) is 11.9. The molecule has 0 spiro atoms. The third-order valence-electron chi connectivity index (χ3n) is 3.13. The van der Waals surface area contributed by atoms with Crippen molar-refractivity contribution in [3.63, 3.8) is 0 Å². The van der Waals surface area contributed by atoms with Crippen molar-refractivity contribution in [2.75, 3.05) is 11.1 Å². The van der Waals surface area contributed by atoms with Gasteiger partial charge in [0.05, 0.1) is 5.25 Å². The first-order chi connectivity index (χ1) is 9.97. The summed E-state index contributed by atoms with van der Waals surface area (Å²) in [6.45, 7) is 3.76. The molecule has 5 heteroatoms. The lowest BCUT2D eigenvalue weighted by molar-refractivity contribution is -0.115. The molecule has 1 unspecified atom stereocenters. The standard InChI is InChI=1S/C16H17ClN2OS/c1-10-14(18)4-3-5-15(10)19-16(20)11(2)21-13-8-6-12(17)7-9-13/h3-9,11H,18H2,1-2H3,(H,19,20). The Morgan fingerprint density at radius 1 is 1.24 bits per heavy atom. The van der Waals surface area contributed by atoms with Crippen LogP contribution < -0.4 is 11.1 Å². The van der Waals surface area contributed by atoms with Crippen LogP contribution in [0.2, 0.25) is 5.02 Å². The highest BCUT2D eigenvalue weighted by Crippen LogP contribution is 2.26. The summed E-state index contributed by atoms with van der Waals surface area (Å²) in [5.74, 6) is -0.0522. The van der Waals surface area contributed by atoms with Crippen LogP contribution in [0.1, 0.15) is 12.5 Å². The van der Waals surface area contributed by atoms with Gasteiger partial charge in [-0.1, -0.05) is 17.7 Å². The third kappa shape index (κ3) is 4.16. The zero-order chi connectivity index (χ0) is 15.4. The molecule has 0 saturated heterocycles. The second kappa shape index (κ2) is 6.87. The normalized spacial score (nSPS) is 12.0. The van der Waals surface area contributed by atoms with Gasteiger partial charge in [-0.25, -0.2) is 0 Å². The lowest BCUT2D eigenvalue weighted by Crippen LogP contribution is -2.22. The number of nitrogens with two attached hydrogens (primary N) is 1. The van der Waals surface area contributed by atoms with E-state index in [4.69, 9.17) is 17.3 Å². The number of benzene rings is 2. The van der Waals surface area contributed by atoms with E-state index in [0.717, 1.165) is 16.1 Å². The van der Waals surface area contributed by atoms with Gasteiger partial charge in [0, 0.05) is 21.3 Å². The average molecular weight is 321 g/mol. The molecule has 0 aliphatic heterocycles. The van der Waals surface area contributed by atoms with Crippen LogP contribution in [-0.4, -0.2) is 11.2 Å². The third-order valence-corrected chi connectivity index (χ3v) is 4.49. The van der Waals surface area contributed by atoms with Crippen LogP contribution >= 0.6 is 23.4 Å². The molecule has 2 aromatic carbocycles. The predicted octanol–water partition coefficient (Wildman–Crippen LogP) is 4.35. The number of carbonyl (C=O) groups excluding carboxylic acids is 1. The van der Waals surface area contributed by atoms with Gasteiger partial charge in [0.15, 0.2) is 0 Å². The van der Waals surface area contributed by atoms with Crippen molar-refractivity contribution in [2.45, 2.75) is 24.0 Å². The maximum absolute atomic E-state index is 12.2. The zero-order valence-corrected chi connectivity index (χ0v) is 13.5. The Bertz CT molecular complexity index is 643. The van der Waals surface area contributed by atoms with Gasteiger partial charge in [-0.2, -0.15) is 0 Å². The maximum Gasteiger partial charge on any atom is 0.237 e. The smallest absolute Gasteiger partial charge is 0.237 e. The minimum atomic E-state index is -0.216. The van der Waals surface area contributed by atoms with Crippen molar-refractivity contribution in [1.29, 1.82) is 0 Å². The van der Waals surface area contributed by atoms with E-state index < -0.39 is 0 Å². The van der Waals surface area contributed by atoms with Crippen LogP contribution in [0, 0.1) is 6.92 Å². The molecule has 0 aliphatic rings. The Kier molecular flexibility index (Phi) is 5.15. The fourth-order valence-corrected chi connectivity index (χ4v) is 2.79. The second-order valence-corrected chi connectivity index (χ2v) is 6.57. The molecule has 1 atom stereocenters. The molecule has 0 heterocycles. The molecule has 0 saturated carbocycles. The van der Waals surface area contributed by atoms with Gasteiger partial charge in [0.1, 0.15) is 0 Å². The van der Waals surface area contributed by atoms with E-state index in [1.165, 1.54) is 11.8 Å². The minimum Gasteiger partial charge on any atom is -0.398 e. The SMILES string of the molecule is Cc1c(N)cccc1NC(=O)C(C)Sc1ccc(Cl)cc1. The monoisotopic (exact) mass is 320 g/mol. The minimum absolute atomic E-state index is 0.0522. The molecule has 0 aliphatic carbocycles. The van der Waals surface area contributed by atoms with Gasteiger partial charge >= 0.3 is 0 Å². The molecule has 1 amide bonds. The molecule has 2 rings (SSSR count). The lowest BCUT2D eigenvalue weighted by Gasteiger charge is -2.14. The summed E-state index contributed by atoms with van der Waals surface area (Å²) in [4.78, 5) is 13.3. The number of carbonyl (C=O) groups is 1. The summed E-state index contributed by atoms with van der Waals surface area (Å²) in [5, 5.41) is 3.39. The predicted molar refractivity (Wildman–Crippen MR) is 91.0 cm³/mol. The molecule has 110 valence electrons. The Morgan fingerprint density at radius 2 is 1.90 bits per heavy atom. The molecule has 0 fully saturated rings. The number of halogens is 1. The number of thioether (sulfide) groups is 1. The van der Waals surface area contributed by atoms with Crippen molar-refractivity contribution in [3.05, 3.63) is 53.1 Å². The van der Waals surface area contributed by atoms with Gasteiger partial charge in [0.25, 0.3) is 0 Å². The lowest BCUT2D eigenvalue weighted by atomic mass is 10.1. The van der Waals surface area contributed by atoms with E-state index in [1.54, 1.807) is 0 Å². The quantitative estimate of drug-likeness (QED) is 0.650. The molecule has 3 nitrogen and oxygen atoms in total. The number of anilines is 2. The number of amides is 1. The Labute approximate surface area is 133 Å². The van der Waals surface area contributed by atoms with Crippen molar-refractivity contribution < 1.29 is 4.79 Å². The molecular weight excluding hydrogens is 304 g/mol. The van der Waals surface area contributed by atoms with Gasteiger partial charge in [-0.05, 0) is 55.8 Å². The molecule has 0 radical (unpaired) electrons. The molecule has 3 N–H and O–H groups in total. The first-order valence-electron chi connectivity index (χ1n) is 6.55. The van der Waals surface area contributed by atoms with Crippen LogP contribution in [-0.2, 0) is 4.79 Å². The van der Waals surface area contributed by atoms with E-state index in [0.29, 0.717) is 10.7 Å². The van der Waals surface area contributed by atoms with Crippen molar-refractivity contribution in [1.82, 2.24) is 0 Å². The highest BCUT2D eigenvalue weighted by atomic mass is 35.5. The summed E-state index contributed by atoms with van der Waals surface area (Å²) < 4.78 is 0.